The number of hydrogen-bond donors (Lipinski definition) is 0. The van der Waals surface area contributed by atoms with Gasteiger partial charge in [-0.15, -0.1) is 0 Å². The zero-order valence-corrected chi connectivity index (χ0v) is 16.3. The van der Waals surface area contributed by atoms with Crippen LogP contribution < -0.4 is 0 Å². The van der Waals surface area contributed by atoms with Crippen LogP contribution in [0.1, 0.15) is 66.0 Å². The van der Waals surface area contributed by atoms with Gasteiger partial charge in [0.15, 0.2) is 0 Å². The summed E-state index contributed by atoms with van der Waals surface area (Å²) in [7, 11) is 0. The van der Waals surface area contributed by atoms with Gasteiger partial charge in [0.1, 0.15) is 5.57 Å². The first kappa shape index (κ1) is 20.9. The van der Waals surface area contributed by atoms with Gasteiger partial charge in [0.2, 0.25) is 0 Å². The maximum absolute atomic E-state index is 12.3. The van der Waals surface area contributed by atoms with Gasteiger partial charge in [-0.25, -0.2) is 9.59 Å². The Bertz CT molecular complexity index is 615. The first-order valence-corrected chi connectivity index (χ1v) is 8.72. The van der Waals surface area contributed by atoms with Crippen molar-refractivity contribution in [2.24, 2.45) is 0 Å². The second-order valence-electron chi connectivity index (χ2n) is 7.24. The molecule has 1 aromatic carbocycles. The molecule has 4 nitrogen and oxygen atoms in total. The van der Waals surface area contributed by atoms with Crippen molar-refractivity contribution >= 4 is 18.0 Å². The van der Waals surface area contributed by atoms with Crippen molar-refractivity contribution in [3.05, 3.63) is 41.0 Å². The topological polar surface area (TPSA) is 52.6 Å². The number of rotatable bonds is 7. The van der Waals surface area contributed by atoms with Crippen molar-refractivity contribution in [3.63, 3.8) is 0 Å². The summed E-state index contributed by atoms with van der Waals surface area (Å²) in [5.41, 5.74) is 1.62. The molecule has 0 atom stereocenters. The molecule has 1 radical (unpaired) electrons. The Labute approximate surface area is 151 Å². The normalized spacial score (nSPS) is 11.4. The van der Waals surface area contributed by atoms with Gasteiger partial charge < -0.3 is 9.47 Å². The van der Waals surface area contributed by atoms with Gasteiger partial charge in [-0.3, -0.25) is 0 Å². The summed E-state index contributed by atoms with van der Waals surface area (Å²) in [5.74, 6) is -1.35. The molecule has 0 heterocycles. The molecule has 0 aliphatic carbocycles. The molecular formula is C21H29O4. The van der Waals surface area contributed by atoms with Gasteiger partial charge in [0.05, 0.1) is 12.2 Å². The fourth-order valence-corrected chi connectivity index (χ4v) is 2.08. The third-order valence-electron chi connectivity index (χ3n) is 3.87. The summed E-state index contributed by atoms with van der Waals surface area (Å²) in [5, 5.41) is 0. The minimum absolute atomic E-state index is 0.0408. The highest BCUT2D eigenvalue weighted by molar-refractivity contribution is 6.17. The molecule has 0 N–H and O–H groups in total. The van der Waals surface area contributed by atoms with E-state index in [4.69, 9.17) is 9.47 Å². The largest absolute Gasteiger partial charge is 0.459 e. The second kappa shape index (κ2) is 8.84. The van der Waals surface area contributed by atoms with Crippen LogP contribution in [0.4, 0.5) is 0 Å². The Morgan fingerprint density at radius 1 is 1.12 bits per heavy atom. The third-order valence-corrected chi connectivity index (χ3v) is 3.87. The summed E-state index contributed by atoms with van der Waals surface area (Å²) in [4.78, 5) is 24.6. The lowest BCUT2D eigenvalue weighted by Crippen LogP contribution is -2.23. The fraction of sp³-hybridized carbons (Fsp3) is 0.524. The molecule has 137 valence electrons. The second-order valence-corrected chi connectivity index (χ2v) is 7.24. The maximum Gasteiger partial charge on any atom is 0.345 e. The van der Waals surface area contributed by atoms with Crippen molar-refractivity contribution in [1.82, 2.24) is 0 Å². The quantitative estimate of drug-likeness (QED) is 0.317. The lowest BCUT2D eigenvalue weighted by Gasteiger charge is -2.23. The van der Waals surface area contributed by atoms with E-state index in [0.717, 1.165) is 17.5 Å². The standard InChI is InChI=1S/C21H29O4/c1-8-21(6,7)17-11-9-10-16(12-17)13-18(19(22)24-14(2)3)20(23)25-15(4)5/h9-10,12-15H,8H2,1-7H3. The summed E-state index contributed by atoms with van der Waals surface area (Å²) in [6.45, 7) is 13.3. The Hall–Kier alpha value is -2.10. The van der Waals surface area contributed by atoms with E-state index < -0.39 is 11.9 Å². The highest BCUT2D eigenvalue weighted by Crippen LogP contribution is 2.27. The predicted octanol–water partition coefficient (Wildman–Crippen LogP) is 4.46. The van der Waals surface area contributed by atoms with Crippen LogP contribution in [0.2, 0.25) is 0 Å². The van der Waals surface area contributed by atoms with Crippen LogP contribution in [0.25, 0.3) is 6.08 Å². The van der Waals surface area contributed by atoms with Gasteiger partial charge in [-0.2, -0.15) is 0 Å². The van der Waals surface area contributed by atoms with E-state index in [1.165, 1.54) is 6.08 Å². The number of carbonyl (C=O) groups excluding carboxylic acids is 2. The van der Waals surface area contributed by atoms with E-state index >= 15 is 0 Å². The van der Waals surface area contributed by atoms with E-state index in [1.54, 1.807) is 39.8 Å². The molecule has 0 fully saturated rings. The van der Waals surface area contributed by atoms with Crippen LogP contribution in [0.3, 0.4) is 0 Å². The van der Waals surface area contributed by atoms with E-state index in [1.807, 2.05) is 6.07 Å². The van der Waals surface area contributed by atoms with Crippen molar-refractivity contribution in [2.45, 2.75) is 72.5 Å². The minimum atomic E-state index is -0.676. The van der Waals surface area contributed by atoms with Crippen LogP contribution in [0.15, 0.2) is 23.8 Å². The molecule has 0 aliphatic heterocycles. The minimum Gasteiger partial charge on any atom is -0.459 e. The molecule has 1 rings (SSSR count). The Morgan fingerprint density at radius 3 is 2.08 bits per heavy atom. The van der Waals surface area contributed by atoms with E-state index in [9.17, 15) is 9.59 Å². The lowest BCUT2D eigenvalue weighted by atomic mass is 9.81. The van der Waals surface area contributed by atoms with Gasteiger partial charge in [-0.05, 0) is 62.8 Å². The summed E-state index contributed by atoms with van der Waals surface area (Å²) in [6.07, 6.45) is 1.84. The van der Waals surface area contributed by atoms with Crippen molar-refractivity contribution in [2.75, 3.05) is 0 Å². The lowest BCUT2D eigenvalue weighted by molar-refractivity contribution is -0.150. The maximum atomic E-state index is 12.3. The number of ether oxygens (including phenoxy) is 2. The van der Waals surface area contributed by atoms with Crippen LogP contribution in [0, 0.1) is 6.07 Å². The molecule has 0 aromatic heterocycles. The molecule has 1 aromatic rings. The zero-order valence-electron chi connectivity index (χ0n) is 16.3. The predicted molar refractivity (Wildman–Crippen MR) is 99.0 cm³/mol. The average molecular weight is 345 g/mol. The van der Waals surface area contributed by atoms with E-state index in [2.05, 4.69) is 26.8 Å². The first-order chi connectivity index (χ1) is 11.6. The van der Waals surface area contributed by atoms with Gasteiger partial charge >= 0.3 is 11.9 Å². The molecule has 0 aliphatic rings. The van der Waals surface area contributed by atoms with Crippen molar-refractivity contribution < 1.29 is 19.1 Å². The van der Waals surface area contributed by atoms with Crippen molar-refractivity contribution in [1.29, 1.82) is 0 Å². The first-order valence-electron chi connectivity index (χ1n) is 8.72. The van der Waals surface area contributed by atoms with E-state index in [0.29, 0.717) is 0 Å². The summed E-state index contributed by atoms with van der Waals surface area (Å²) < 4.78 is 10.4. The van der Waals surface area contributed by atoms with E-state index in [-0.39, 0.29) is 23.2 Å². The van der Waals surface area contributed by atoms with Crippen LogP contribution in [0.5, 0.6) is 0 Å². The van der Waals surface area contributed by atoms with Gasteiger partial charge in [0.25, 0.3) is 0 Å². The summed E-state index contributed by atoms with van der Waals surface area (Å²) in [6, 6.07) is 8.78. The number of hydrogen-bond acceptors (Lipinski definition) is 4. The fourth-order valence-electron chi connectivity index (χ4n) is 2.08. The van der Waals surface area contributed by atoms with Gasteiger partial charge in [-0.1, -0.05) is 39.0 Å². The monoisotopic (exact) mass is 345 g/mol. The van der Waals surface area contributed by atoms with Gasteiger partial charge in [0, 0.05) is 0 Å². The van der Waals surface area contributed by atoms with Crippen LogP contribution >= 0.6 is 0 Å². The third kappa shape index (κ3) is 6.37. The molecule has 0 saturated carbocycles. The smallest absolute Gasteiger partial charge is 0.345 e. The molecule has 0 unspecified atom stereocenters. The highest BCUT2D eigenvalue weighted by Gasteiger charge is 2.24. The molecule has 0 bridgehead atoms. The molecule has 0 spiro atoms. The molecule has 0 amide bonds. The molecule has 0 saturated heterocycles. The summed E-state index contributed by atoms with van der Waals surface area (Å²) >= 11 is 0. The van der Waals surface area contributed by atoms with Crippen LogP contribution in [-0.4, -0.2) is 24.1 Å². The Kier molecular flexibility index (Phi) is 7.40. The number of esters is 2. The number of carbonyl (C=O) groups is 2. The molecule has 4 heteroatoms. The number of benzene rings is 1. The highest BCUT2D eigenvalue weighted by atomic mass is 16.6. The average Bonchev–Trinajstić information content (AvgIpc) is 2.51. The van der Waals surface area contributed by atoms with Crippen LogP contribution in [-0.2, 0) is 24.5 Å². The zero-order chi connectivity index (χ0) is 19.2. The molecule has 25 heavy (non-hydrogen) atoms. The molecular weight excluding hydrogens is 316 g/mol. The van der Waals surface area contributed by atoms with Crippen molar-refractivity contribution in [3.8, 4) is 0 Å². The Morgan fingerprint density at radius 2 is 1.64 bits per heavy atom. The SMILES string of the molecule is CCC(C)(C)c1[c]ccc(C=C(C(=O)OC(C)C)C(=O)OC(C)C)c1. The Balaban J connectivity index is 3.27.